The molecule has 0 aromatic heterocycles. The summed E-state index contributed by atoms with van der Waals surface area (Å²) in [7, 11) is 1.41. The Bertz CT molecular complexity index is 458. The summed E-state index contributed by atoms with van der Waals surface area (Å²) in [6.07, 6.45) is 0. The summed E-state index contributed by atoms with van der Waals surface area (Å²) in [4.78, 5) is 9.76. The highest BCUT2D eigenvalue weighted by atomic mass is 16.6. The molecular weight excluding hydrogens is 248 g/mol. The van der Waals surface area contributed by atoms with Gasteiger partial charge in [-0.05, 0) is 31.1 Å². The maximum Gasteiger partial charge on any atom is 0.280 e. The van der Waals surface area contributed by atoms with E-state index in [1.165, 1.54) is 7.11 Å². The van der Waals surface area contributed by atoms with Gasteiger partial charge in [0.15, 0.2) is 5.71 Å². The molecule has 1 N–H and O–H groups in total. The van der Waals surface area contributed by atoms with Crippen molar-refractivity contribution in [2.24, 2.45) is 10.3 Å². The minimum absolute atomic E-state index is 0.0576. The van der Waals surface area contributed by atoms with Crippen LogP contribution in [0, 0.1) is 0 Å². The smallest absolute Gasteiger partial charge is 0.280 e. The molecule has 19 heavy (non-hydrogen) atoms. The first-order chi connectivity index (χ1) is 9.24. The summed E-state index contributed by atoms with van der Waals surface area (Å²) in [5.74, 6) is 0.218. The van der Waals surface area contributed by atoms with Crippen LogP contribution in [0.2, 0.25) is 0 Å². The molecule has 0 saturated heterocycles. The number of nitrogens with zero attached hydrogens (tertiary/aromatic N) is 2. The van der Waals surface area contributed by atoms with Gasteiger partial charge in [0.2, 0.25) is 0 Å². The Labute approximate surface area is 112 Å². The molecule has 1 aromatic rings. The van der Waals surface area contributed by atoms with Crippen molar-refractivity contribution >= 4 is 11.6 Å². The van der Waals surface area contributed by atoms with Crippen molar-refractivity contribution < 1.29 is 19.5 Å². The third-order valence-electron chi connectivity index (χ3n) is 2.10. The maximum absolute atomic E-state index is 9.86. The van der Waals surface area contributed by atoms with Crippen LogP contribution in [0.5, 0.6) is 5.75 Å². The fourth-order valence-corrected chi connectivity index (χ4v) is 1.37. The molecule has 6 heteroatoms. The van der Waals surface area contributed by atoms with Crippen LogP contribution in [-0.4, -0.2) is 37.0 Å². The first-order valence-corrected chi connectivity index (χ1v) is 5.97. The standard InChI is InChI=1S/C13H18N2O4/c1-4-18-13(15-19-5-2)12(14-17-3)10-8-6-7-9-11(10)16/h6-9,16H,4-5H2,1-3H3/b14-12+,15-13-. The zero-order valence-corrected chi connectivity index (χ0v) is 11.3. The van der Waals surface area contributed by atoms with Gasteiger partial charge >= 0.3 is 0 Å². The van der Waals surface area contributed by atoms with Crippen LogP contribution in [0.3, 0.4) is 0 Å². The van der Waals surface area contributed by atoms with Crippen LogP contribution in [0.4, 0.5) is 0 Å². The van der Waals surface area contributed by atoms with Crippen molar-refractivity contribution in [3.63, 3.8) is 0 Å². The Morgan fingerprint density at radius 2 is 1.89 bits per heavy atom. The molecule has 6 nitrogen and oxygen atoms in total. The maximum atomic E-state index is 9.86. The number of hydrogen-bond donors (Lipinski definition) is 1. The highest BCUT2D eigenvalue weighted by Crippen LogP contribution is 2.18. The molecule has 0 saturated carbocycles. The van der Waals surface area contributed by atoms with Gasteiger partial charge in [0.05, 0.1) is 12.2 Å². The Kier molecular flexibility index (Phi) is 6.21. The first kappa shape index (κ1) is 14.8. The predicted molar refractivity (Wildman–Crippen MR) is 72.3 cm³/mol. The average Bonchev–Trinajstić information content (AvgIpc) is 2.42. The Hall–Kier alpha value is -2.24. The fourth-order valence-electron chi connectivity index (χ4n) is 1.37. The first-order valence-electron chi connectivity index (χ1n) is 5.97. The zero-order valence-electron chi connectivity index (χ0n) is 11.3. The minimum Gasteiger partial charge on any atom is -0.507 e. The lowest BCUT2D eigenvalue weighted by atomic mass is 10.1. The lowest BCUT2D eigenvalue weighted by molar-refractivity contribution is 0.147. The third-order valence-corrected chi connectivity index (χ3v) is 2.10. The van der Waals surface area contributed by atoms with Gasteiger partial charge in [-0.3, -0.25) is 0 Å². The number of para-hydroxylation sites is 1. The topological polar surface area (TPSA) is 72.6 Å². The molecule has 0 atom stereocenters. The van der Waals surface area contributed by atoms with Gasteiger partial charge in [-0.2, -0.15) is 0 Å². The van der Waals surface area contributed by atoms with Crippen molar-refractivity contribution in [1.82, 2.24) is 0 Å². The van der Waals surface area contributed by atoms with E-state index < -0.39 is 0 Å². The van der Waals surface area contributed by atoms with Crippen molar-refractivity contribution in [3.05, 3.63) is 29.8 Å². The second kappa shape index (κ2) is 7.97. The van der Waals surface area contributed by atoms with E-state index in [0.29, 0.717) is 18.8 Å². The number of hydrogen-bond acceptors (Lipinski definition) is 6. The quantitative estimate of drug-likeness (QED) is 0.486. The number of rotatable bonds is 6. The van der Waals surface area contributed by atoms with Gasteiger partial charge in [-0.25, -0.2) is 0 Å². The van der Waals surface area contributed by atoms with Crippen LogP contribution < -0.4 is 0 Å². The van der Waals surface area contributed by atoms with Gasteiger partial charge in [0.25, 0.3) is 5.90 Å². The van der Waals surface area contributed by atoms with E-state index in [-0.39, 0.29) is 17.4 Å². The third kappa shape index (κ3) is 4.17. The summed E-state index contributed by atoms with van der Waals surface area (Å²) in [5, 5.41) is 17.6. The lowest BCUT2D eigenvalue weighted by Crippen LogP contribution is -2.20. The van der Waals surface area contributed by atoms with Crippen molar-refractivity contribution in [2.45, 2.75) is 13.8 Å². The van der Waals surface area contributed by atoms with Crippen LogP contribution in [0.25, 0.3) is 0 Å². The molecule has 0 amide bonds. The number of aromatic hydroxyl groups is 1. The number of phenolic OH excluding ortho intramolecular Hbond substituents is 1. The molecule has 0 aliphatic carbocycles. The zero-order chi connectivity index (χ0) is 14.1. The molecule has 104 valence electrons. The minimum atomic E-state index is 0.0576. The normalized spacial score (nSPS) is 12.2. The van der Waals surface area contributed by atoms with Crippen molar-refractivity contribution in [1.29, 1.82) is 0 Å². The molecular formula is C13H18N2O4. The Morgan fingerprint density at radius 1 is 1.16 bits per heavy atom. The molecule has 0 radical (unpaired) electrons. The van der Waals surface area contributed by atoms with Gasteiger partial charge in [-0.1, -0.05) is 17.3 Å². The van der Waals surface area contributed by atoms with Crippen molar-refractivity contribution in [2.75, 3.05) is 20.3 Å². The van der Waals surface area contributed by atoms with E-state index in [4.69, 9.17) is 14.4 Å². The summed E-state index contributed by atoms with van der Waals surface area (Å²) < 4.78 is 5.37. The molecule has 0 bridgehead atoms. The highest BCUT2D eigenvalue weighted by molar-refractivity contribution is 6.45. The fraction of sp³-hybridized carbons (Fsp3) is 0.385. The monoisotopic (exact) mass is 266 g/mol. The number of phenols is 1. The second-order valence-corrected chi connectivity index (χ2v) is 3.39. The lowest BCUT2D eigenvalue weighted by Gasteiger charge is -2.10. The predicted octanol–water partition coefficient (Wildman–Crippen LogP) is 2.13. The van der Waals surface area contributed by atoms with Gasteiger partial charge < -0.3 is 19.5 Å². The average molecular weight is 266 g/mol. The van der Waals surface area contributed by atoms with Crippen LogP contribution >= 0.6 is 0 Å². The highest BCUT2D eigenvalue weighted by Gasteiger charge is 2.18. The van der Waals surface area contributed by atoms with E-state index in [0.717, 1.165) is 0 Å². The van der Waals surface area contributed by atoms with Gasteiger partial charge in [0.1, 0.15) is 19.5 Å². The SMILES string of the molecule is CCO/N=C(OCC)/C(=N/OC)c1ccccc1O. The second-order valence-electron chi connectivity index (χ2n) is 3.39. The number of ether oxygens (including phenoxy) is 1. The molecule has 0 spiro atoms. The number of benzene rings is 1. The molecule has 1 rings (SSSR count). The van der Waals surface area contributed by atoms with Crippen LogP contribution in [0.1, 0.15) is 19.4 Å². The number of oxime groups is 2. The molecule has 1 aromatic carbocycles. The molecule has 0 aliphatic heterocycles. The largest absolute Gasteiger partial charge is 0.507 e. The van der Waals surface area contributed by atoms with E-state index in [9.17, 15) is 5.11 Å². The molecule has 0 fully saturated rings. The van der Waals surface area contributed by atoms with Gasteiger partial charge in [0, 0.05) is 0 Å². The molecule has 0 heterocycles. The van der Waals surface area contributed by atoms with Gasteiger partial charge in [-0.15, -0.1) is 0 Å². The summed E-state index contributed by atoms with van der Waals surface area (Å²) in [5.41, 5.74) is 0.729. The molecule has 0 aliphatic rings. The van der Waals surface area contributed by atoms with E-state index >= 15 is 0 Å². The van der Waals surface area contributed by atoms with Crippen LogP contribution in [-0.2, 0) is 14.4 Å². The van der Waals surface area contributed by atoms with E-state index in [1.54, 1.807) is 31.2 Å². The Balaban J connectivity index is 3.18. The van der Waals surface area contributed by atoms with E-state index in [2.05, 4.69) is 10.3 Å². The Morgan fingerprint density at radius 3 is 2.47 bits per heavy atom. The molecule has 0 unspecified atom stereocenters. The summed E-state index contributed by atoms with van der Waals surface area (Å²) in [6.45, 7) is 4.41. The van der Waals surface area contributed by atoms with E-state index in [1.807, 2.05) is 6.92 Å². The summed E-state index contributed by atoms with van der Waals surface area (Å²) in [6, 6.07) is 6.71. The van der Waals surface area contributed by atoms with Crippen LogP contribution in [0.15, 0.2) is 34.6 Å². The summed E-state index contributed by atoms with van der Waals surface area (Å²) >= 11 is 0. The van der Waals surface area contributed by atoms with Crippen molar-refractivity contribution in [3.8, 4) is 5.75 Å².